The fraction of sp³-hybridized carbons (Fsp3) is 0.200. The summed E-state index contributed by atoms with van der Waals surface area (Å²) in [7, 11) is -3.90. The zero-order chi connectivity index (χ0) is 26.3. The Morgan fingerprint density at radius 3 is 1.59 bits per heavy atom. The number of hydrogen-bond acceptors (Lipinski definition) is 3. The van der Waals surface area contributed by atoms with E-state index >= 15 is 0 Å². The fourth-order valence-corrected chi connectivity index (χ4v) is 5.85. The molecule has 4 aromatic carbocycles. The molecular formula is C30H33ClN2O2RhS. The minimum absolute atomic E-state index is 0. The quantitative estimate of drug-likeness (QED) is 0.143. The van der Waals surface area contributed by atoms with E-state index in [0.717, 1.165) is 11.1 Å². The maximum atomic E-state index is 13.0. The molecule has 0 amide bonds. The van der Waals surface area contributed by atoms with Crippen LogP contribution in [0.2, 0.25) is 0 Å². The van der Waals surface area contributed by atoms with Crippen LogP contribution in [-0.4, -0.2) is 8.42 Å². The number of hydrogen-bond donors (Lipinski definition) is 2. The molecule has 0 heterocycles. The zero-order valence-electron chi connectivity index (χ0n) is 21.4. The molecule has 0 aliphatic carbocycles. The van der Waals surface area contributed by atoms with Gasteiger partial charge in [0.05, 0.1) is 10.9 Å². The molecule has 37 heavy (non-hydrogen) atoms. The van der Waals surface area contributed by atoms with Gasteiger partial charge in [-0.05, 0) is 51.0 Å². The summed E-state index contributed by atoms with van der Waals surface area (Å²) in [5.74, 6) is 0. The van der Waals surface area contributed by atoms with Crippen LogP contribution in [0, 0.1) is 27.7 Å². The Kier molecular flexibility index (Phi) is 11.2. The van der Waals surface area contributed by atoms with Gasteiger partial charge in [-0.2, -0.15) is 4.72 Å². The number of aryl methyl sites for hydroxylation is 4. The van der Waals surface area contributed by atoms with Crippen LogP contribution in [0.3, 0.4) is 0 Å². The molecule has 4 aromatic rings. The van der Waals surface area contributed by atoms with E-state index in [2.05, 4.69) is 43.7 Å². The second kappa shape index (κ2) is 13.5. The molecule has 4 nitrogen and oxygen atoms in total. The molecule has 0 bridgehead atoms. The summed E-state index contributed by atoms with van der Waals surface area (Å²) in [5, 5.41) is 0. The van der Waals surface area contributed by atoms with Crippen molar-refractivity contribution in [3.8, 4) is 0 Å². The second-order valence-corrected chi connectivity index (χ2v) is 11.3. The first-order valence-corrected chi connectivity index (χ1v) is 13.6. The van der Waals surface area contributed by atoms with Crippen molar-refractivity contribution in [3.63, 3.8) is 0 Å². The van der Waals surface area contributed by atoms with Crippen LogP contribution in [0.1, 0.15) is 39.4 Å². The first-order valence-electron chi connectivity index (χ1n) is 11.7. The Bertz CT molecular complexity index is 1330. The summed E-state index contributed by atoms with van der Waals surface area (Å²) in [6.07, 6.45) is 0. The van der Waals surface area contributed by atoms with Crippen LogP contribution >= 0.6 is 11.6 Å². The Morgan fingerprint density at radius 2 is 1.14 bits per heavy atom. The summed E-state index contributed by atoms with van der Waals surface area (Å²) < 4.78 is 28.7. The second-order valence-electron chi connectivity index (χ2n) is 9.05. The molecule has 0 fully saturated rings. The maximum absolute atomic E-state index is 13.0. The minimum Gasteiger partial charge on any atom is -0.321 e. The SMILES string of the molecule is Cc1cc(C)cc(C)c1.Cc1ccc(S(=O)(=O)N[C@@](Cl)(c2ccccc2)[C@@H](N)c2ccccc2)cc1.[Rh]. The van der Waals surface area contributed by atoms with Crippen LogP contribution in [0.15, 0.2) is 108 Å². The van der Waals surface area contributed by atoms with Crippen molar-refractivity contribution >= 4 is 21.6 Å². The third kappa shape index (κ3) is 8.33. The van der Waals surface area contributed by atoms with Crippen molar-refractivity contribution in [1.29, 1.82) is 0 Å². The van der Waals surface area contributed by atoms with Crippen molar-refractivity contribution < 1.29 is 27.9 Å². The van der Waals surface area contributed by atoms with E-state index < -0.39 is 21.1 Å². The van der Waals surface area contributed by atoms with E-state index in [1.54, 1.807) is 48.5 Å². The average molecular weight is 624 g/mol. The molecular weight excluding hydrogens is 591 g/mol. The topological polar surface area (TPSA) is 72.2 Å². The molecule has 4 rings (SSSR count). The smallest absolute Gasteiger partial charge is 0.242 e. The number of nitrogens with two attached hydrogens (primary N) is 1. The molecule has 197 valence electrons. The normalized spacial score (nSPS) is 13.4. The van der Waals surface area contributed by atoms with Crippen molar-refractivity contribution in [2.75, 3.05) is 0 Å². The number of nitrogens with one attached hydrogen (secondary N) is 1. The van der Waals surface area contributed by atoms with Gasteiger partial charge in [0.25, 0.3) is 0 Å². The fourth-order valence-electron chi connectivity index (χ4n) is 4.05. The standard InChI is InChI=1S/C21H21ClN2O2S.C9H12.Rh/c1-16-12-14-19(15-13-16)27(25,26)24-21(22,18-10-6-3-7-11-18)20(23)17-8-4-2-5-9-17;1-7-4-8(2)6-9(3)5-7;/h2-15,20,24H,23H2,1H3;4-6H,1-3H3;/t20-,21-;;/m0../s1. The van der Waals surface area contributed by atoms with Gasteiger partial charge in [0.1, 0.15) is 0 Å². The molecule has 0 saturated heterocycles. The van der Waals surface area contributed by atoms with Crippen LogP contribution in [-0.2, 0) is 34.5 Å². The van der Waals surface area contributed by atoms with Crippen molar-refractivity contribution in [2.24, 2.45) is 5.73 Å². The average Bonchev–Trinajstić information content (AvgIpc) is 2.84. The first kappa shape index (κ1) is 30.9. The van der Waals surface area contributed by atoms with Gasteiger partial charge in [-0.25, -0.2) is 8.42 Å². The summed E-state index contributed by atoms with van der Waals surface area (Å²) in [5.41, 5.74) is 12.8. The van der Waals surface area contributed by atoms with Gasteiger partial charge in [0.2, 0.25) is 10.0 Å². The summed E-state index contributed by atoms with van der Waals surface area (Å²) >= 11 is 6.90. The summed E-state index contributed by atoms with van der Waals surface area (Å²) in [6, 6.07) is 30.5. The zero-order valence-corrected chi connectivity index (χ0v) is 24.6. The van der Waals surface area contributed by atoms with Gasteiger partial charge in [-0.1, -0.05) is 125 Å². The molecule has 2 atom stereocenters. The molecule has 0 spiro atoms. The van der Waals surface area contributed by atoms with E-state index in [-0.39, 0.29) is 24.4 Å². The van der Waals surface area contributed by atoms with Gasteiger partial charge in [-0.3, -0.25) is 0 Å². The predicted molar refractivity (Wildman–Crippen MR) is 149 cm³/mol. The molecule has 0 aromatic heterocycles. The molecule has 3 N–H and O–H groups in total. The van der Waals surface area contributed by atoms with Gasteiger partial charge < -0.3 is 5.73 Å². The Balaban J connectivity index is 0.000000408. The number of rotatable bonds is 6. The molecule has 1 radical (unpaired) electrons. The van der Waals surface area contributed by atoms with E-state index in [1.165, 1.54) is 16.7 Å². The summed E-state index contributed by atoms with van der Waals surface area (Å²) in [4.78, 5) is -1.42. The largest absolute Gasteiger partial charge is 0.321 e. The molecule has 0 aliphatic rings. The van der Waals surface area contributed by atoms with Crippen LogP contribution < -0.4 is 10.5 Å². The maximum Gasteiger partial charge on any atom is 0.242 e. The van der Waals surface area contributed by atoms with Gasteiger partial charge in [-0.15, -0.1) is 0 Å². The Labute approximate surface area is 239 Å². The van der Waals surface area contributed by atoms with Crippen LogP contribution in [0.5, 0.6) is 0 Å². The van der Waals surface area contributed by atoms with E-state index in [0.29, 0.717) is 5.56 Å². The molecule has 0 saturated carbocycles. The van der Waals surface area contributed by atoms with Crippen LogP contribution in [0.4, 0.5) is 0 Å². The van der Waals surface area contributed by atoms with Gasteiger partial charge in [0.15, 0.2) is 5.00 Å². The van der Waals surface area contributed by atoms with Gasteiger partial charge in [0, 0.05) is 19.5 Å². The van der Waals surface area contributed by atoms with Crippen molar-refractivity contribution in [3.05, 3.63) is 137 Å². The third-order valence-corrected chi connectivity index (χ3v) is 7.90. The number of halogens is 1. The third-order valence-electron chi connectivity index (χ3n) is 5.76. The van der Waals surface area contributed by atoms with E-state index in [4.69, 9.17) is 17.3 Å². The monoisotopic (exact) mass is 623 g/mol. The number of alkyl halides is 1. The number of sulfonamides is 1. The first-order chi connectivity index (χ1) is 17.0. The predicted octanol–water partition coefficient (Wildman–Crippen LogP) is 6.67. The Morgan fingerprint density at radius 1 is 0.703 bits per heavy atom. The molecule has 0 unspecified atom stereocenters. The molecule has 7 heteroatoms. The van der Waals surface area contributed by atoms with Crippen molar-refractivity contribution in [1.82, 2.24) is 4.72 Å². The van der Waals surface area contributed by atoms with Gasteiger partial charge >= 0.3 is 0 Å². The minimum atomic E-state index is -3.90. The van der Waals surface area contributed by atoms with Crippen molar-refractivity contribution in [2.45, 2.75) is 43.6 Å². The number of benzene rings is 4. The van der Waals surface area contributed by atoms with E-state index in [9.17, 15) is 8.42 Å². The van der Waals surface area contributed by atoms with E-state index in [1.807, 2.05) is 43.3 Å². The van der Waals surface area contributed by atoms with Crippen LogP contribution in [0.25, 0.3) is 0 Å². The Hall–Kier alpha value is -2.34. The summed E-state index contributed by atoms with van der Waals surface area (Å²) in [6.45, 7) is 8.27. The molecule has 0 aliphatic heterocycles.